The summed E-state index contributed by atoms with van der Waals surface area (Å²) in [4.78, 5) is 0. The SMILES string of the molecule is COc1cc(Oc2ccc(B3OC(C)(C)C(C)(C)O3)cc2)ccc1F. The molecule has 0 aliphatic carbocycles. The van der Waals surface area contributed by atoms with E-state index in [1.165, 1.54) is 19.2 Å². The summed E-state index contributed by atoms with van der Waals surface area (Å²) < 4.78 is 36.2. The fraction of sp³-hybridized carbons (Fsp3) is 0.368. The summed E-state index contributed by atoms with van der Waals surface area (Å²) in [5, 5.41) is 0. The number of halogens is 1. The van der Waals surface area contributed by atoms with E-state index in [1.54, 1.807) is 6.07 Å². The minimum Gasteiger partial charge on any atom is -0.494 e. The molecule has 0 radical (unpaired) electrons. The highest BCUT2D eigenvalue weighted by Gasteiger charge is 2.51. The number of rotatable bonds is 4. The molecule has 0 N–H and O–H groups in total. The second-order valence-electron chi connectivity index (χ2n) is 7.06. The Morgan fingerprint density at radius 2 is 1.44 bits per heavy atom. The highest BCUT2D eigenvalue weighted by atomic mass is 19.1. The molecule has 1 heterocycles. The zero-order valence-corrected chi connectivity index (χ0v) is 15.1. The standard InChI is InChI=1S/C19H22BFO4/c1-18(2)19(3,4)25-20(24-18)13-6-8-14(9-7-13)23-15-10-11-16(21)17(12-15)22-5/h6-12H,1-5H3. The summed E-state index contributed by atoms with van der Waals surface area (Å²) in [5.74, 6) is 0.854. The first-order valence-electron chi connectivity index (χ1n) is 8.19. The van der Waals surface area contributed by atoms with Crippen LogP contribution >= 0.6 is 0 Å². The third-order valence-electron chi connectivity index (χ3n) is 4.76. The van der Waals surface area contributed by atoms with Gasteiger partial charge in [-0.25, -0.2) is 4.39 Å². The number of hydrogen-bond donors (Lipinski definition) is 0. The molecule has 0 spiro atoms. The van der Waals surface area contributed by atoms with Gasteiger partial charge in [0.05, 0.1) is 18.3 Å². The molecule has 1 aliphatic rings. The maximum absolute atomic E-state index is 13.5. The quantitative estimate of drug-likeness (QED) is 0.788. The number of ether oxygens (including phenoxy) is 2. The van der Waals surface area contributed by atoms with Gasteiger partial charge in [0.25, 0.3) is 0 Å². The van der Waals surface area contributed by atoms with Gasteiger partial charge in [0.1, 0.15) is 11.5 Å². The van der Waals surface area contributed by atoms with Crippen LogP contribution in [0.5, 0.6) is 17.2 Å². The molecule has 3 rings (SSSR count). The lowest BCUT2D eigenvalue weighted by molar-refractivity contribution is 0.00578. The van der Waals surface area contributed by atoms with E-state index in [-0.39, 0.29) is 17.0 Å². The second kappa shape index (κ2) is 6.35. The third kappa shape index (κ3) is 3.50. The van der Waals surface area contributed by atoms with Crippen molar-refractivity contribution in [2.45, 2.75) is 38.9 Å². The molecule has 0 aromatic heterocycles. The monoisotopic (exact) mass is 344 g/mol. The summed E-state index contributed by atoms with van der Waals surface area (Å²) in [6, 6.07) is 11.8. The lowest BCUT2D eigenvalue weighted by Gasteiger charge is -2.32. The molecule has 6 heteroatoms. The summed E-state index contributed by atoms with van der Waals surface area (Å²) in [6.45, 7) is 8.08. The minimum atomic E-state index is -0.425. The summed E-state index contributed by atoms with van der Waals surface area (Å²) in [5.41, 5.74) is 0.164. The number of benzene rings is 2. The Hall–Kier alpha value is -2.05. The van der Waals surface area contributed by atoms with Crippen LogP contribution in [0.4, 0.5) is 4.39 Å². The lowest BCUT2D eigenvalue weighted by Crippen LogP contribution is -2.41. The minimum absolute atomic E-state index is 0.145. The van der Waals surface area contributed by atoms with Crippen LogP contribution in [-0.4, -0.2) is 25.4 Å². The average Bonchev–Trinajstić information content (AvgIpc) is 2.78. The molecule has 0 bridgehead atoms. The fourth-order valence-electron chi connectivity index (χ4n) is 2.51. The van der Waals surface area contributed by atoms with Crippen molar-refractivity contribution in [3.05, 3.63) is 48.3 Å². The number of hydrogen-bond acceptors (Lipinski definition) is 4. The van der Waals surface area contributed by atoms with Crippen LogP contribution in [0.25, 0.3) is 0 Å². The molecule has 2 aromatic rings. The van der Waals surface area contributed by atoms with Crippen LogP contribution in [0.1, 0.15) is 27.7 Å². The molecular weight excluding hydrogens is 322 g/mol. The summed E-state index contributed by atoms with van der Waals surface area (Å²) in [6.07, 6.45) is 0. The van der Waals surface area contributed by atoms with Gasteiger partial charge in [0, 0.05) is 6.07 Å². The van der Waals surface area contributed by atoms with Gasteiger partial charge >= 0.3 is 7.12 Å². The lowest BCUT2D eigenvalue weighted by atomic mass is 9.79. The van der Waals surface area contributed by atoms with Crippen molar-refractivity contribution in [1.82, 2.24) is 0 Å². The van der Waals surface area contributed by atoms with Crippen LogP contribution in [0.2, 0.25) is 0 Å². The van der Waals surface area contributed by atoms with E-state index in [0.717, 1.165) is 5.46 Å². The van der Waals surface area contributed by atoms with Crippen LogP contribution in [0.15, 0.2) is 42.5 Å². The van der Waals surface area contributed by atoms with Gasteiger partial charge < -0.3 is 18.8 Å². The zero-order chi connectivity index (χ0) is 18.2. The van der Waals surface area contributed by atoms with Crippen molar-refractivity contribution in [2.75, 3.05) is 7.11 Å². The topological polar surface area (TPSA) is 36.9 Å². The Bertz CT molecular complexity index is 743. The molecule has 4 nitrogen and oxygen atoms in total. The van der Waals surface area contributed by atoms with Gasteiger partial charge in [-0.05, 0) is 57.4 Å². The van der Waals surface area contributed by atoms with Gasteiger partial charge in [-0.1, -0.05) is 12.1 Å². The van der Waals surface area contributed by atoms with E-state index in [1.807, 2.05) is 52.0 Å². The van der Waals surface area contributed by atoms with Crippen LogP contribution in [-0.2, 0) is 9.31 Å². The van der Waals surface area contributed by atoms with Gasteiger partial charge in [-0.2, -0.15) is 0 Å². The van der Waals surface area contributed by atoms with Gasteiger partial charge in [0.15, 0.2) is 11.6 Å². The first kappa shape index (κ1) is 17.8. The molecular formula is C19H22BFO4. The van der Waals surface area contributed by atoms with Crippen molar-refractivity contribution in [1.29, 1.82) is 0 Å². The van der Waals surface area contributed by atoms with Crippen molar-refractivity contribution in [3.8, 4) is 17.2 Å². The molecule has 1 saturated heterocycles. The molecule has 0 unspecified atom stereocenters. The molecule has 132 valence electrons. The molecule has 0 atom stereocenters. The third-order valence-corrected chi connectivity index (χ3v) is 4.76. The van der Waals surface area contributed by atoms with E-state index in [2.05, 4.69) is 0 Å². The van der Waals surface area contributed by atoms with Crippen LogP contribution in [0.3, 0.4) is 0 Å². The van der Waals surface area contributed by atoms with Crippen molar-refractivity contribution >= 4 is 12.6 Å². The van der Waals surface area contributed by atoms with E-state index in [9.17, 15) is 4.39 Å². The Balaban J connectivity index is 1.73. The largest absolute Gasteiger partial charge is 0.494 e. The molecule has 0 amide bonds. The zero-order valence-electron chi connectivity index (χ0n) is 15.1. The molecule has 2 aromatic carbocycles. The summed E-state index contributed by atoms with van der Waals surface area (Å²) >= 11 is 0. The predicted molar refractivity (Wildman–Crippen MR) is 95.2 cm³/mol. The maximum atomic E-state index is 13.5. The summed E-state index contributed by atoms with van der Waals surface area (Å²) in [7, 11) is 1.01. The Morgan fingerprint density at radius 1 is 0.880 bits per heavy atom. The normalized spacial score (nSPS) is 18.2. The molecule has 1 fully saturated rings. The van der Waals surface area contributed by atoms with Crippen molar-refractivity contribution < 1.29 is 23.2 Å². The van der Waals surface area contributed by atoms with E-state index in [4.69, 9.17) is 18.8 Å². The highest BCUT2D eigenvalue weighted by molar-refractivity contribution is 6.62. The highest BCUT2D eigenvalue weighted by Crippen LogP contribution is 2.36. The van der Waals surface area contributed by atoms with Gasteiger partial charge in [-0.15, -0.1) is 0 Å². The van der Waals surface area contributed by atoms with Gasteiger partial charge in [0.2, 0.25) is 0 Å². The van der Waals surface area contributed by atoms with E-state index < -0.39 is 12.9 Å². The van der Waals surface area contributed by atoms with E-state index in [0.29, 0.717) is 11.5 Å². The second-order valence-corrected chi connectivity index (χ2v) is 7.06. The maximum Gasteiger partial charge on any atom is 0.494 e. The Morgan fingerprint density at radius 3 is 2.00 bits per heavy atom. The molecule has 25 heavy (non-hydrogen) atoms. The van der Waals surface area contributed by atoms with Crippen LogP contribution in [0, 0.1) is 5.82 Å². The Labute approximate surface area is 148 Å². The van der Waals surface area contributed by atoms with Crippen molar-refractivity contribution in [3.63, 3.8) is 0 Å². The van der Waals surface area contributed by atoms with Gasteiger partial charge in [-0.3, -0.25) is 0 Å². The number of methoxy groups -OCH3 is 1. The average molecular weight is 344 g/mol. The van der Waals surface area contributed by atoms with Crippen molar-refractivity contribution in [2.24, 2.45) is 0 Å². The molecule has 1 aliphatic heterocycles. The fourth-order valence-corrected chi connectivity index (χ4v) is 2.51. The Kier molecular flexibility index (Phi) is 4.52. The smallest absolute Gasteiger partial charge is 0.494 e. The predicted octanol–water partition coefficient (Wildman–Crippen LogP) is 3.93. The van der Waals surface area contributed by atoms with E-state index >= 15 is 0 Å². The first-order valence-corrected chi connectivity index (χ1v) is 8.19. The van der Waals surface area contributed by atoms with Crippen LogP contribution < -0.4 is 14.9 Å². The molecule has 0 saturated carbocycles. The first-order chi connectivity index (χ1) is 11.7.